The van der Waals surface area contributed by atoms with E-state index in [1.54, 1.807) is 31.4 Å². The van der Waals surface area contributed by atoms with Crippen LogP contribution in [0, 0.1) is 0 Å². The van der Waals surface area contributed by atoms with Gasteiger partial charge in [-0.3, -0.25) is 9.59 Å². The Labute approximate surface area is 139 Å². The molecule has 0 aliphatic rings. The molecule has 124 valence electrons. The molecule has 2 aromatic rings. The highest BCUT2D eigenvalue weighted by Crippen LogP contribution is 2.14. The van der Waals surface area contributed by atoms with Gasteiger partial charge in [0.1, 0.15) is 5.75 Å². The number of carbonyl (C=O) groups excluding carboxylic acids is 2. The van der Waals surface area contributed by atoms with E-state index < -0.39 is 5.97 Å². The Balaban J connectivity index is 1.85. The number of anilines is 1. The SMILES string of the molecule is COc1ccc(C(=O)CCC(=O)Nc2ccc(C(=O)O)cc2)cc1. The zero-order valence-electron chi connectivity index (χ0n) is 13.1. The van der Waals surface area contributed by atoms with Gasteiger partial charge in [-0.25, -0.2) is 4.79 Å². The topological polar surface area (TPSA) is 92.7 Å². The molecule has 1 amide bonds. The smallest absolute Gasteiger partial charge is 0.335 e. The van der Waals surface area contributed by atoms with Crippen molar-refractivity contribution in [3.05, 3.63) is 59.7 Å². The molecule has 0 radical (unpaired) electrons. The van der Waals surface area contributed by atoms with Crippen molar-refractivity contribution in [2.24, 2.45) is 0 Å². The third kappa shape index (κ3) is 4.67. The minimum atomic E-state index is -1.03. The number of ether oxygens (including phenoxy) is 1. The Bertz CT molecular complexity index is 735. The molecular weight excluding hydrogens is 310 g/mol. The van der Waals surface area contributed by atoms with Crippen molar-refractivity contribution in [1.29, 1.82) is 0 Å². The predicted octanol–water partition coefficient (Wildman–Crippen LogP) is 3.00. The maximum atomic E-state index is 12.0. The molecule has 0 aliphatic carbocycles. The number of aromatic carboxylic acids is 1. The number of carboxylic acids is 1. The number of ketones is 1. The van der Waals surface area contributed by atoms with Gasteiger partial charge < -0.3 is 15.2 Å². The number of amides is 1. The van der Waals surface area contributed by atoms with E-state index in [-0.39, 0.29) is 30.1 Å². The molecule has 24 heavy (non-hydrogen) atoms. The summed E-state index contributed by atoms with van der Waals surface area (Å²) >= 11 is 0. The lowest BCUT2D eigenvalue weighted by molar-refractivity contribution is -0.116. The molecule has 2 rings (SSSR count). The number of carboxylic acid groups (broad SMARTS) is 1. The highest BCUT2D eigenvalue weighted by Gasteiger charge is 2.10. The standard InChI is InChI=1S/C18H17NO5/c1-24-15-8-4-12(5-9-15)16(20)10-11-17(21)19-14-6-2-13(3-7-14)18(22)23/h2-9H,10-11H2,1H3,(H,19,21)(H,22,23). The summed E-state index contributed by atoms with van der Waals surface area (Å²) in [6.45, 7) is 0. The highest BCUT2D eigenvalue weighted by molar-refractivity contribution is 6.00. The van der Waals surface area contributed by atoms with E-state index in [9.17, 15) is 14.4 Å². The molecule has 6 heteroatoms. The molecule has 0 unspecified atom stereocenters. The fourth-order valence-electron chi connectivity index (χ4n) is 2.07. The number of nitrogens with one attached hydrogen (secondary N) is 1. The normalized spacial score (nSPS) is 10.0. The summed E-state index contributed by atoms with van der Waals surface area (Å²) in [6, 6.07) is 12.5. The number of rotatable bonds is 7. The Morgan fingerprint density at radius 3 is 2.04 bits per heavy atom. The van der Waals surface area contributed by atoms with Crippen molar-refractivity contribution in [1.82, 2.24) is 0 Å². The van der Waals surface area contributed by atoms with Crippen molar-refractivity contribution >= 4 is 23.3 Å². The average molecular weight is 327 g/mol. The first kappa shape index (κ1) is 17.2. The van der Waals surface area contributed by atoms with Crippen molar-refractivity contribution in [3.63, 3.8) is 0 Å². The predicted molar refractivity (Wildman–Crippen MR) is 88.6 cm³/mol. The monoisotopic (exact) mass is 327 g/mol. The first-order chi connectivity index (χ1) is 11.5. The molecule has 0 heterocycles. The van der Waals surface area contributed by atoms with E-state index in [1.807, 2.05) is 0 Å². The fraction of sp³-hybridized carbons (Fsp3) is 0.167. The maximum Gasteiger partial charge on any atom is 0.335 e. The molecule has 2 N–H and O–H groups in total. The number of hydrogen-bond donors (Lipinski definition) is 2. The quantitative estimate of drug-likeness (QED) is 0.763. The van der Waals surface area contributed by atoms with Crippen LogP contribution in [0.3, 0.4) is 0 Å². The van der Waals surface area contributed by atoms with Crippen molar-refractivity contribution in [3.8, 4) is 5.75 Å². The molecule has 0 saturated carbocycles. The van der Waals surface area contributed by atoms with Gasteiger partial charge in [-0.2, -0.15) is 0 Å². The molecule has 0 bridgehead atoms. The van der Waals surface area contributed by atoms with Crippen LogP contribution >= 0.6 is 0 Å². The van der Waals surface area contributed by atoms with Gasteiger partial charge in [0, 0.05) is 24.1 Å². The van der Waals surface area contributed by atoms with Crippen LogP contribution in [-0.4, -0.2) is 29.9 Å². The van der Waals surface area contributed by atoms with Crippen molar-refractivity contribution in [2.45, 2.75) is 12.8 Å². The van der Waals surface area contributed by atoms with E-state index in [1.165, 1.54) is 24.3 Å². The van der Waals surface area contributed by atoms with Crippen LogP contribution in [-0.2, 0) is 4.79 Å². The van der Waals surface area contributed by atoms with Gasteiger partial charge in [-0.05, 0) is 48.5 Å². The first-order valence-corrected chi connectivity index (χ1v) is 7.30. The summed E-state index contributed by atoms with van der Waals surface area (Å²) in [7, 11) is 1.55. The molecule has 0 saturated heterocycles. The van der Waals surface area contributed by atoms with Crippen molar-refractivity contribution < 1.29 is 24.2 Å². The molecule has 0 atom stereocenters. The second kappa shape index (κ2) is 7.92. The number of hydrogen-bond acceptors (Lipinski definition) is 4. The van der Waals surface area contributed by atoms with Gasteiger partial charge in [0.2, 0.25) is 5.91 Å². The van der Waals surface area contributed by atoms with Gasteiger partial charge in [0.05, 0.1) is 12.7 Å². The van der Waals surface area contributed by atoms with Gasteiger partial charge in [-0.15, -0.1) is 0 Å². The summed E-state index contributed by atoms with van der Waals surface area (Å²) in [6.07, 6.45) is 0.136. The largest absolute Gasteiger partial charge is 0.497 e. The third-order valence-corrected chi connectivity index (χ3v) is 3.41. The summed E-state index contributed by atoms with van der Waals surface area (Å²) in [5.41, 5.74) is 1.15. The van der Waals surface area contributed by atoms with Crippen LogP contribution < -0.4 is 10.1 Å². The molecule has 0 aromatic heterocycles. The number of Topliss-reactive ketones (excluding diaryl/α,β-unsaturated/α-hetero) is 1. The second-order valence-electron chi connectivity index (χ2n) is 5.08. The zero-order valence-corrected chi connectivity index (χ0v) is 13.1. The number of carbonyl (C=O) groups is 3. The van der Waals surface area contributed by atoms with Crippen LogP contribution in [0.1, 0.15) is 33.6 Å². The number of benzene rings is 2. The van der Waals surface area contributed by atoms with Gasteiger partial charge in [-0.1, -0.05) is 0 Å². The van der Waals surface area contributed by atoms with Gasteiger partial charge in [0.25, 0.3) is 0 Å². The van der Waals surface area contributed by atoms with Gasteiger partial charge >= 0.3 is 5.97 Å². The Morgan fingerprint density at radius 1 is 0.917 bits per heavy atom. The summed E-state index contributed by atoms with van der Waals surface area (Å²) in [5, 5.41) is 11.4. The molecule has 6 nitrogen and oxygen atoms in total. The van der Waals surface area contributed by atoms with E-state index in [0.717, 1.165) is 0 Å². The van der Waals surface area contributed by atoms with Gasteiger partial charge in [0.15, 0.2) is 5.78 Å². The zero-order chi connectivity index (χ0) is 17.5. The van der Waals surface area contributed by atoms with Crippen LogP contribution in [0.15, 0.2) is 48.5 Å². The minimum Gasteiger partial charge on any atom is -0.497 e. The van der Waals surface area contributed by atoms with E-state index in [4.69, 9.17) is 9.84 Å². The van der Waals surface area contributed by atoms with Crippen LogP contribution in [0.25, 0.3) is 0 Å². The summed E-state index contributed by atoms with van der Waals surface area (Å²) in [5.74, 6) is -0.805. The highest BCUT2D eigenvalue weighted by atomic mass is 16.5. The van der Waals surface area contributed by atoms with Crippen LogP contribution in [0.5, 0.6) is 5.75 Å². The lowest BCUT2D eigenvalue weighted by Gasteiger charge is -2.06. The van der Waals surface area contributed by atoms with E-state index in [0.29, 0.717) is 17.0 Å². The van der Waals surface area contributed by atoms with Crippen LogP contribution in [0.2, 0.25) is 0 Å². The lowest BCUT2D eigenvalue weighted by Crippen LogP contribution is -2.13. The fourth-order valence-corrected chi connectivity index (χ4v) is 2.07. The minimum absolute atomic E-state index is 0.0472. The molecule has 0 aliphatic heterocycles. The summed E-state index contributed by atoms with van der Waals surface area (Å²) < 4.78 is 5.02. The van der Waals surface area contributed by atoms with Crippen molar-refractivity contribution in [2.75, 3.05) is 12.4 Å². The third-order valence-electron chi connectivity index (χ3n) is 3.41. The lowest BCUT2D eigenvalue weighted by atomic mass is 10.1. The second-order valence-corrected chi connectivity index (χ2v) is 5.08. The molecule has 2 aromatic carbocycles. The Kier molecular flexibility index (Phi) is 5.68. The van der Waals surface area contributed by atoms with E-state index >= 15 is 0 Å². The Morgan fingerprint density at radius 2 is 1.50 bits per heavy atom. The molecular formula is C18H17NO5. The molecule has 0 fully saturated rings. The summed E-state index contributed by atoms with van der Waals surface area (Å²) in [4.78, 5) is 34.7. The molecule has 0 spiro atoms. The Hall–Kier alpha value is -3.15. The average Bonchev–Trinajstić information content (AvgIpc) is 2.60. The maximum absolute atomic E-state index is 12.0. The number of methoxy groups -OCH3 is 1. The first-order valence-electron chi connectivity index (χ1n) is 7.30. The van der Waals surface area contributed by atoms with Crippen LogP contribution in [0.4, 0.5) is 5.69 Å². The van der Waals surface area contributed by atoms with E-state index in [2.05, 4.69) is 5.32 Å².